The van der Waals surface area contributed by atoms with Crippen molar-refractivity contribution in [3.8, 4) is 11.1 Å². The molecule has 0 saturated carbocycles. The van der Waals surface area contributed by atoms with Crippen molar-refractivity contribution in [1.82, 2.24) is 0 Å². The molecule has 1 fully saturated rings. The Morgan fingerprint density at radius 1 is 0.828 bits per heavy atom. The lowest BCUT2D eigenvalue weighted by Crippen LogP contribution is -3.14. The Morgan fingerprint density at radius 3 is 2.17 bits per heavy atom. The van der Waals surface area contributed by atoms with Gasteiger partial charge in [-0.3, -0.25) is 4.79 Å². The molecule has 3 aromatic carbocycles. The third-order valence-corrected chi connectivity index (χ3v) is 5.88. The molecular weight excluding hydrogens is 356 g/mol. The lowest BCUT2D eigenvalue weighted by Gasteiger charge is -2.29. The van der Waals surface area contributed by atoms with Crippen molar-refractivity contribution in [2.45, 2.75) is 19.3 Å². The van der Waals surface area contributed by atoms with Crippen molar-refractivity contribution in [2.75, 3.05) is 25.0 Å². The number of rotatable bonds is 6. The number of benzene rings is 3. The van der Waals surface area contributed by atoms with Gasteiger partial charge in [0.15, 0.2) is 6.54 Å². The molecule has 1 aliphatic heterocycles. The van der Waals surface area contributed by atoms with Crippen LogP contribution in [-0.2, 0) is 11.2 Å². The van der Waals surface area contributed by atoms with Gasteiger partial charge >= 0.3 is 0 Å². The predicted molar refractivity (Wildman–Crippen MR) is 119 cm³/mol. The summed E-state index contributed by atoms with van der Waals surface area (Å²) < 4.78 is 0. The molecular formula is C26H29N2O+. The number of amides is 1. The molecule has 0 radical (unpaired) electrons. The number of piperidine rings is 1. The third-order valence-electron chi connectivity index (χ3n) is 5.88. The van der Waals surface area contributed by atoms with E-state index in [2.05, 4.69) is 53.8 Å². The van der Waals surface area contributed by atoms with E-state index in [-0.39, 0.29) is 5.91 Å². The molecule has 1 saturated heterocycles. The molecule has 1 aliphatic rings. The quantitative estimate of drug-likeness (QED) is 0.664. The van der Waals surface area contributed by atoms with E-state index >= 15 is 0 Å². The zero-order chi connectivity index (χ0) is 19.9. The van der Waals surface area contributed by atoms with Gasteiger partial charge in [-0.2, -0.15) is 0 Å². The Morgan fingerprint density at radius 2 is 1.45 bits per heavy atom. The van der Waals surface area contributed by atoms with Gasteiger partial charge in [0, 0.05) is 11.3 Å². The number of carbonyl (C=O) groups is 1. The van der Waals surface area contributed by atoms with Gasteiger partial charge in [0.2, 0.25) is 0 Å². The van der Waals surface area contributed by atoms with Gasteiger partial charge in [0.25, 0.3) is 5.91 Å². The zero-order valence-corrected chi connectivity index (χ0v) is 16.8. The van der Waals surface area contributed by atoms with Crippen LogP contribution in [-0.4, -0.2) is 25.5 Å². The van der Waals surface area contributed by atoms with E-state index in [4.69, 9.17) is 0 Å². The number of quaternary nitrogens is 1. The molecule has 3 nitrogen and oxygen atoms in total. The Balaban J connectivity index is 1.30. The van der Waals surface area contributed by atoms with Crippen LogP contribution in [0, 0.1) is 5.92 Å². The number of hydrogen-bond donors (Lipinski definition) is 2. The predicted octanol–water partition coefficient (Wildman–Crippen LogP) is 3.83. The molecule has 1 amide bonds. The standard InChI is InChI=1S/C26H28N2O/c29-26(27-25-14-8-7-13-24(25)23-11-5-2-6-12-23)20-28-17-15-22(16-18-28)19-21-9-3-1-4-10-21/h1-14,22H,15-20H2,(H,27,29)/p+1. The van der Waals surface area contributed by atoms with E-state index in [1.54, 1.807) is 0 Å². The van der Waals surface area contributed by atoms with Gasteiger partial charge < -0.3 is 10.2 Å². The molecule has 3 aromatic rings. The monoisotopic (exact) mass is 385 g/mol. The van der Waals surface area contributed by atoms with E-state index in [9.17, 15) is 4.79 Å². The van der Waals surface area contributed by atoms with E-state index in [0.717, 1.165) is 42.2 Å². The summed E-state index contributed by atoms with van der Waals surface area (Å²) in [6, 6.07) is 29.0. The highest BCUT2D eigenvalue weighted by molar-refractivity contribution is 5.96. The summed E-state index contributed by atoms with van der Waals surface area (Å²) in [6.07, 6.45) is 3.54. The highest BCUT2D eigenvalue weighted by Crippen LogP contribution is 2.27. The topological polar surface area (TPSA) is 33.5 Å². The Hall–Kier alpha value is -2.91. The smallest absolute Gasteiger partial charge is 0.279 e. The van der Waals surface area contributed by atoms with Crippen LogP contribution in [0.2, 0.25) is 0 Å². The van der Waals surface area contributed by atoms with Gasteiger partial charge in [-0.05, 0) is 42.4 Å². The summed E-state index contributed by atoms with van der Waals surface area (Å²) in [4.78, 5) is 14.1. The maximum absolute atomic E-state index is 12.7. The first-order valence-corrected chi connectivity index (χ1v) is 10.6. The largest absolute Gasteiger partial charge is 0.327 e. The van der Waals surface area contributed by atoms with E-state index in [1.165, 1.54) is 23.3 Å². The van der Waals surface area contributed by atoms with E-state index in [0.29, 0.717) is 6.54 Å². The number of likely N-dealkylation sites (tertiary alicyclic amines) is 1. The molecule has 0 aromatic heterocycles. The first-order valence-electron chi connectivity index (χ1n) is 10.6. The SMILES string of the molecule is O=C(C[NH+]1CCC(Cc2ccccc2)CC1)Nc1ccccc1-c1ccccc1. The lowest BCUT2D eigenvalue weighted by molar-refractivity contribution is -0.898. The van der Waals surface area contributed by atoms with Gasteiger partial charge in [-0.25, -0.2) is 0 Å². The van der Waals surface area contributed by atoms with Crippen molar-refractivity contribution in [3.63, 3.8) is 0 Å². The van der Waals surface area contributed by atoms with E-state index in [1.807, 2.05) is 36.4 Å². The molecule has 0 atom stereocenters. The van der Waals surface area contributed by atoms with Crippen molar-refractivity contribution in [1.29, 1.82) is 0 Å². The fourth-order valence-electron chi connectivity index (χ4n) is 4.30. The molecule has 0 spiro atoms. The number of carbonyl (C=O) groups excluding carboxylic acids is 1. The molecule has 0 aliphatic carbocycles. The fraction of sp³-hybridized carbons (Fsp3) is 0.269. The second kappa shape index (κ2) is 9.53. The summed E-state index contributed by atoms with van der Waals surface area (Å²) in [5.41, 5.74) is 4.51. The molecule has 148 valence electrons. The normalized spacial score (nSPS) is 18.9. The van der Waals surface area contributed by atoms with Crippen molar-refractivity contribution in [3.05, 3.63) is 90.5 Å². The first-order chi connectivity index (χ1) is 14.3. The van der Waals surface area contributed by atoms with Gasteiger partial charge in [0.1, 0.15) is 0 Å². The molecule has 0 bridgehead atoms. The number of nitrogens with one attached hydrogen (secondary N) is 2. The maximum Gasteiger partial charge on any atom is 0.279 e. The Kier molecular flexibility index (Phi) is 6.38. The second-order valence-corrected chi connectivity index (χ2v) is 8.02. The average molecular weight is 386 g/mol. The van der Waals surface area contributed by atoms with E-state index < -0.39 is 0 Å². The average Bonchev–Trinajstić information content (AvgIpc) is 2.77. The first kappa shape index (κ1) is 19.4. The number of anilines is 1. The van der Waals surface area contributed by atoms with Crippen LogP contribution in [0.15, 0.2) is 84.9 Å². The van der Waals surface area contributed by atoms with Crippen LogP contribution in [0.4, 0.5) is 5.69 Å². The third kappa shape index (κ3) is 5.33. The maximum atomic E-state index is 12.7. The van der Waals surface area contributed by atoms with Crippen LogP contribution < -0.4 is 10.2 Å². The number of hydrogen-bond acceptors (Lipinski definition) is 1. The molecule has 0 unspecified atom stereocenters. The summed E-state index contributed by atoms with van der Waals surface area (Å²) in [5, 5.41) is 3.15. The van der Waals surface area contributed by atoms with Crippen molar-refractivity contribution < 1.29 is 9.69 Å². The van der Waals surface area contributed by atoms with Crippen LogP contribution in [0.3, 0.4) is 0 Å². The van der Waals surface area contributed by atoms with Crippen LogP contribution in [0.25, 0.3) is 11.1 Å². The molecule has 1 heterocycles. The Bertz CT molecular complexity index is 916. The number of para-hydroxylation sites is 1. The van der Waals surface area contributed by atoms with Crippen molar-refractivity contribution >= 4 is 11.6 Å². The molecule has 3 heteroatoms. The highest BCUT2D eigenvalue weighted by Gasteiger charge is 2.24. The molecule has 2 N–H and O–H groups in total. The zero-order valence-electron chi connectivity index (χ0n) is 16.8. The minimum Gasteiger partial charge on any atom is -0.327 e. The van der Waals surface area contributed by atoms with Gasteiger partial charge in [0.05, 0.1) is 13.1 Å². The van der Waals surface area contributed by atoms with Gasteiger partial charge in [-0.15, -0.1) is 0 Å². The second-order valence-electron chi connectivity index (χ2n) is 8.02. The molecule has 4 rings (SSSR count). The van der Waals surface area contributed by atoms with Gasteiger partial charge in [-0.1, -0.05) is 78.9 Å². The highest BCUT2D eigenvalue weighted by atomic mass is 16.2. The summed E-state index contributed by atoms with van der Waals surface area (Å²) in [5.74, 6) is 0.841. The molecule has 29 heavy (non-hydrogen) atoms. The summed E-state index contributed by atoms with van der Waals surface area (Å²) in [6.45, 7) is 2.69. The van der Waals surface area contributed by atoms with Crippen molar-refractivity contribution in [2.24, 2.45) is 5.92 Å². The fourth-order valence-corrected chi connectivity index (χ4v) is 4.30. The van der Waals surface area contributed by atoms with Crippen LogP contribution in [0.1, 0.15) is 18.4 Å². The van der Waals surface area contributed by atoms with Crippen LogP contribution in [0.5, 0.6) is 0 Å². The van der Waals surface area contributed by atoms with Crippen LogP contribution >= 0.6 is 0 Å². The summed E-state index contributed by atoms with van der Waals surface area (Å²) >= 11 is 0. The Labute approximate surface area is 173 Å². The lowest BCUT2D eigenvalue weighted by atomic mass is 9.90. The summed E-state index contributed by atoms with van der Waals surface area (Å²) in [7, 11) is 0. The minimum atomic E-state index is 0.102. The minimum absolute atomic E-state index is 0.102.